The maximum absolute atomic E-state index is 12.4. The van der Waals surface area contributed by atoms with Crippen LogP contribution in [-0.4, -0.2) is 32.6 Å². The molecule has 2 N–H and O–H groups in total. The van der Waals surface area contributed by atoms with Gasteiger partial charge in [0.1, 0.15) is 0 Å². The lowest BCUT2D eigenvalue weighted by Crippen LogP contribution is -2.48. The fourth-order valence-corrected chi connectivity index (χ4v) is 2.17. The third kappa shape index (κ3) is 6.60. The summed E-state index contributed by atoms with van der Waals surface area (Å²) < 4.78 is 33.1. The molecule has 5 nitrogen and oxygen atoms in total. The van der Waals surface area contributed by atoms with Gasteiger partial charge in [-0.2, -0.15) is 8.42 Å². The van der Waals surface area contributed by atoms with Crippen LogP contribution in [0.15, 0.2) is 12.3 Å². The van der Waals surface area contributed by atoms with Crippen LogP contribution in [0.25, 0.3) is 0 Å². The molecular weight excluding hydrogens is 245 g/mol. The zero-order chi connectivity index (χ0) is 12.9. The van der Waals surface area contributed by atoms with Crippen molar-refractivity contribution in [3.05, 3.63) is 12.3 Å². The molecule has 0 bridgehead atoms. The fourth-order valence-electron chi connectivity index (χ4n) is 1.68. The minimum absolute atomic E-state index is 0.324. The van der Waals surface area contributed by atoms with Crippen molar-refractivity contribution >= 4 is 10.4 Å². The first-order chi connectivity index (χ1) is 7.87. The number of halogens is 1. The molecule has 0 aliphatic carbocycles. The Morgan fingerprint density at radius 1 is 1.35 bits per heavy atom. The topological polar surface area (TPSA) is 61.4 Å². The van der Waals surface area contributed by atoms with E-state index in [2.05, 4.69) is 25.2 Å². The molecule has 0 atom stereocenters. The molecule has 0 aromatic heterocycles. The Morgan fingerprint density at radius 3 is 2.41 bits per heavy atom. The normalized spacial score (nSPS) is 20.2. The summed E-state index contributed by atoms with van der Waals surface area (Å²) in [4.78, 5) is 1.85. The lowest BCUT2D eigenvalue weighted by molar-refractivity contribution is 0.175. The first-order valence-corrected chi connectivity index (χ1v) is 7.15. The van der Waals surface area contributed by atoms with Gasteiger partial charge in [0.2, 0.25) is 0 Å². The number of hydrogen-bond donors (Lipinski definition) is 2. The average molecular weight is 265 g/mol. The summed E-state index contributed by atoms with van der Waals surface area (Å²) in [5.74, 6) is 0.501. The van der Waals surface area contributed by atoms with Crippen LogP contribution >= 0.6 is 0 Å². The second-order valence-electron chi connectivity index (χ2n) is 4.56. The number of hydrogen-bond acceptors (Lipinski definition) is 4. The Morgan fingerprint density at radius 2 is 1.94 bits per heavy atom. The highest BCUT2D eigenvalue weighted by atomic mass is 32.3. The van der Waals surface area contributed by atoms with Gasteiger partial charge in [-0.3, -0.25) is 0 Å². The lowest BCUT2D eigenvalue weighted by atomic mass is 10.1. The van der Waals surface area contributed by atoms with E-state index in [4.69, 9.17) is 0 Å². The van der Waals surface area contributed by atoms with Crippen LogP contribution in [0.4, 0.5) is 3.89 Å². The minimum atomic E-state index is -4.63. The van der Waals surface area contributed by atoms with Gasteiger partial charge >= 0.3 is 10.4 Å². The summed E-state index contributed by atoms with van der Waals surface area (Å²) in [5.41, 5.74) is 0. The molecule has 0 aromatic rings. The molecule has 7 heteroatoms. The van der Waals surface area contributed by atoms with Gasteiger partial charge in [0.25, 0.3) is 0 Å². The Bertz CT molecular complexity index is 349. The fraction of sp³-hybridized carbons (Fsp3) is 0.800. The van der Waals surface area contributed by atoms with E-state index in [1.165, 1.54) is 5.01 Å². The Balaban J connectivity index is 2.26. The number of allylic oxidation sites excluding steroid dienone is 1. The van der Waals surface area contributed by atoms with Crippen LogP contribution < -0.4 is 10.1 Å². The van der Waals surface area contributed by atoms with Crippen molar-refractivity contribution in [1.82, 2.24) is 15.2 Å². The molecule has 0 amide bonds. The van der Waals surface area contributed by atoms with Gasteiger partial charge in [-0.25, -0.2) is 5.01 Å². The van der Waals surface area contributed by atoms with Crippen LogP contribution in [0.5, 0.6) is 0 Å². The number of nitrogens with zero attached hydrogens (tertiary/aromatic N) is 1. The highest BCUT2D eigenvalue weighted by molar-refractivity contribution is 7.84. The molecule has 1 rings (SSSR count). The third-order valence-corrected chi connectivity index (χ3v) is 3.02. The van der Waals surface area contributed by atoms with Gasteiger partial charge < -0.3 is 5.32 Å². The Kier molecular flexibility index (Phi) is 5.35. The third-order valence-electron chi connectivity index (χ3n) is 2.55. The summed E-state index contributed by atoms with van der Waals surface area (Å²) >= 11 is 0. The van der Waals surface area contributed by atoms with E-state index in [0.717, 1.165) is 12.8 Å². The van der Waals surface area contributed by atoms with E-state index in [1.807, 2.05) is 11.0 Å². The number of rotatable bonds is 5. The zero-order valence-corrected chi connectivity index (χ0v) is 11.0. The number of hydrazine groups is 1. The van der Waals surface area contributed by atoms with Crippen LogP contribution in [-0.2, 0) is 10.4 Å². The molecule has 0 unspecified atom stereocenters. The molecule has 0 spiro atoms. The van der Waals surface area contributed by atoms with E-state index in [-0.39, 0.29) is 0 Å². The molecule has 1 fully saturated rings. The van der Waals surface area contributed by atoms with Gasteiger partial charge in [-0.15, -0.1) is 4.83 Å². The van der Waals surface area contributed by atoms with Crippen molar-refractivity contribution in [3.63, 3.8) is 0 Å². The van der Waals surface area contributed by atoms with Gasteiger partial charge in [-0.1, -0.05) is 23.8 Å². The van der Waals surface area contributed by atoms with Crippen molar-refractivity contribution < 1.29 is 12.3 Å². The summed E-state index contributed by atoms with van der Waals surface area (Å²) in [6.07, 6.45) is 5.57. The maximum Gasteiger partial charge on any atom is 0.385 e. The number of piperidine rings is 1. The van der Waals surface area contributed by atoms with Gasteiger partial charge in [0, 0.05) is 19.1 Å². The largest absolute Gasteiger partial charge is 0.388 e. The van der Waals surface area contributed by atoms with E-state index in [1.54, 1.807) is 0 Å². The van der Waals surface area contributed by atoms with Crippen LogP contribution in [0, 0.1) is 5.92 Å². The zero-order valence-electron chi connectivity index (χ0n) is 10.2. The highest BCUT2D eigenvalue weighted by Crippen LogP contribution is 2.09. The first-order valence-electron chi connectivity index (χ1n) is 5.76. The molecule has 0 aromatic carbocycles. The van der Waals surface area contributed by atoms with E-state index in [9.17, 15) is 12.3 Å². The van der Waals surface area contributed by atoms with Crippen molar-refractivity contribution in [2.45, 2.75) is 32.7 Å². The van der Waals surface area contributed by atoms with Crippen molar-refractivity contribution in [1.29, 1.82) is 0 Å². The molecule has 17 heavy (non-hydrogen) atoms. The van der Waals surface area contributed by atoms with E-state index < -0.39 is 10.4 Å². The second kappa shape index (κ2) is 6.32. The lowest BCUT2D eigenvalue weighted by Gasteiger charge is -2.30. The summed E-state index contributed by atoms with van der Waals surface area (Å²) in [6.45, 7) is 5.21. The second-order valence-corrected chi connectivity index (χ2v) is 5.62. The van der Waals surface area contributed by atoms with E-state index >= 15 is 0 Å². The molecule has 1 saturated heterocycles. The van der Waals surface area contributed by atoms with Gasteiger partial charge in [-0.05, 0) is 25.0 Å². The summed E-state index contributed by atoms with van der Waals surface area (Å²) in [7, 11) is -4.63. The molecule has 1 aliphatic heterocycles. The van der Waals surface area contributed by atoms with Crippen molar-refractivity contribution in [2.75, 3.05) is 13.1 Å². The van der Waals surface area contributed by atoms with Gasteiger partial charge in [0.15, 0.2) is 0 Å². The molecular formula is C10H20FN3O2S. The predicted molar refractivity (Wildman–Crippen MR) is 64.9 cm³/mol. The average Bonchev–Trinajstić information content (AvgIpc) is 2.18. The smallest absolute Gasteiger partial charge is 0.385 e. The number of nitrogens with one attached hydrogen (secondary N) is 2. The standard InChI is InChI=1S/C10H20FN3O2S/c1-9(2)3-6-12-10-4-7-14(8-5-10)13-17(11,15)16/h3,6,9-10,12-13H,4-5,7-8H2,1-2H3. The first kappa shape index (κ1) is 14.4. The molecule has 100 valence electrons. The molecule has 0 saturated carbocycles. The Hall–Kier alpha value is -0.660. The van der Waals surface area contributed by atoms with Gasteiger partial charge in [0.05, 0.1) is 0 Å². The maximum atomic E-state index is 12.4. The molecule has 1 heterocycles. The summed E-state index contributed by atoms with van der Waals surface area (Å²) in [6, 6.07) is 0.324. The van der Waals surface area contributed by atoms with Crippen molar-refractivity contribution in [2.24, 2.45) is 5.92 Å². The minimum Gasteiger partial charge on any atom is -0.388 e. The Labute approximate surface area is 102 Å². The predicted octanol–water partition coefficient (Wildman–Crippen LogP) is 0.929. The SMILES string of the molecule is CC(C)C=CNC1CCN(NS(=O)(=O)F)CC1. The van der Waals surface area contributed by atoms with E-state index in [0.29, 0.717) is 25.0 Å². The van der Waals surface area contributed by atoms with Crippen molar-refractivity contribution in [3.8, 4) is 0 Å². The highest BCUT2D eigenvalue weighted by Gasteiger charge is 2.21. The van der Waals surface area contributed by atoms with Crippen LogP contribution in [0.2, 0.25) is 0 Å². The molecule has 1 aliphatic rings. The monoisotopic (exact) mass is 265 g/mol. The van der Waals surface area contributed by atoms with Crippen LogP contribution in [0.3, 0.4) is 0 Å². The quantitative estimate of drug-likeness (QED) is 0.726. The summed E-state index contributed by atoms with van der Waals surface area (Å²) in [5, 5.41) is 4.65. The molecule has 0 radical (unpaired) electrons. The van der Waals surface area contributed by atoms with Crippen LogP contribution in [0.1, 0.15) is 26.7 Å².